The first-order valence-corrected chi connectivity index (χ1v) is 20.9. The zero-order valence-electron chi connectivity index (χ0n) is 32.4. The smallest absolute Gasteiger partial charge is 0.188 e. The molecule has 2 aliphatic heterocycles. The minimum atomic E-state index is 0.245. The number of carbonyl (C=O) groups is 1. The third kappa shape index (κ3) is 16.8. The molecule has 0 aromatic heterocycles. The van der Waals surface area contributed by atoms with Crippen LogP contribution in [0.3, 0.4) is 0 Å². The number of fused-ring (bicyclic) bond motifs is 1. The summed E-state index contributed by atoms with van der Waals surface area (Å²) in [5, 5.41) is 1.25. The molecule has 292 valence electrons. The molecule has 4 rings (SSSR count). The molecule has 0 N–H and O–H groups in total. The number of hydrogen-bond donors (Lipinski definition) is 0. The fraction of sp³-hybridized carbons (Fsp3) is 0.478. The van der Waals surface area contributed by atoms with Crippen molar-refractivity contribution in [1.82, 2.24) is 4.90 Å². The molecule has 2 aromatic rings. The first kappa shape index (κ1) is 43.2. The third-order valence-electron chi connectivity index (χ3n) is 9.55. The molecule has 0 spiro atoms. The molecule has 2 heterocycles. The molecule has 1 saturated heterocycles. The van der Waals surface area contributed by atoms with Crippen LogP contribution in [0.1, 0.15) is 96.0 Å². The number of benzene rings is 2. The number of Topliss-reactive ketones (excluding diaryl/α,β-unsaturated/α-hetero) is 1. The van der Waals surface area contributed by atoms with Crippen molar-refractivity contribution in [3.8, 4) is 5.75 Å². The van der Waals surface area contributed by atoms with Gasteiger partial charge in [0.15, 0.2) is 5.90 Å². The van der Waals surface area contributed by atoms with Gasteiger partial charge < -0.3 is 14.4 Å². The fourth-order valence-corrected chi connectivity index (χ4v) is 6.79. The van der Waals surface area contributed by atoms with E-state index in [2.05, 4.69) is 83.6 Å². The van der Waals surface area contributed by atoms with E-state index in [0.29, 0.717) is 42.0 Å². The van der Waals surface area contributed by atoms with Gasteiger partial charge >= 0.3 is 0 Å². The predicted octanol–water partition coefficient (Wildman–Crippen LogP) is 12.2. The lowest BCUT2D eigenvalue weighted by Crippen LogP contribution is -2.46. The minimum absolute atomic E-state index is 0.245. The van der Waals surface area contributed by atoms with E-state index in [4.69, 9.17) is 37.7 Å². The molecule has 0 radical (unpaired) electrons. The molecule has 54 heavy (non-hydrogen) atoms. The van der Waals surface area contributed by atoms with Crippen LogP contribution < -0.4 is 9.64 Å². The highest BCUT2D eigenvalue weighted by molar-refractivity contribution is 6.43. The number of ether oxygens (including phenoxy) is 2. The number of allylic oxidation sites excluding steroid dienone is 10. The highest BCUT2D eigenvalue weighted by Crippen LogP contribution is 2.33. The molecule has 2 aliphatic rings. The van der Waals surface area contributed by atoms with Crippen LogP contribution >= 0.6 is 23.2 Å². The van der Waals surface area contributed by atoms with Crippen LogP contribution in [0.4, 0.5) is 11.4 Å². The number of unbranched alkanes of at least 4 members (excludes halogenated alkanes) is 3. The highest BCUT2D eigenvalue weighted by atomic mass is 35.5. The first-order valence-electron chi connectivity index (χ1n) is 20.2. The van der Waals surface area contributed by atoms with Gasteiger partial charge in [-0.3, -0.25) is 9.69 Å². The second-order valence-corrected chi connectivity index (χ2v) is 14.7. The third-order valence-corrected chi connectivity index (χ3v) is 10.4. The molecular formula is C46H61Cl2N3O3. The fourth-order valence-electron chi connectivity index (χ4n) is 6.37. The number of piperazine rings is 1. The molecule has 0 aliphatic carbocycles. The molecule has 2 aromatic carbocycles. The number of rotatable bonds is 24. The van der Waals surface area contributed by atoms with Crippen LogP contribution in [-0.2, 0) is 16.0 Å². The number of nitrogens with zero attached hydrogens (tertiary/aromatic N) is 3. The Balaban J connectivity index is 1.01. The van der Waals surface area contributed by atoms with E-state index in [1.54, 1.807) is 0 Å². The van der Waals surface area contributed by atoms with Gasteiger partial charge in [0, 0.05) is 51.5 Å². The summed E-state index contributed by atoms with van der Waals surface area (Å²) < 4.78 is 12.0. The number of carbonyl (C=O) groups excluding carboxylic acids is 1. The largest absolute Gasteiger partial charge is 0.494 e. The first-order chi connectivity index (χ1) is 26.5. The predicted molar refractivity (Wildman–Crippen MR) is 230 cm³/mol. The standard InChI is InChI=1S/C46H61Cl2N3O3/c1-2-3-4-5-6-7-8-9-10-11-12-13-14-15-16-17-18-19-23-40(52)30-37-54-45-29-27-39-26-28-41(38-43(39)49-45)53-36-21-20-31-50-32-34-51(35-33-50)44-25-22-24-42(47)46(44)48/h4-5,7-8,10-11,13-14,16-17,22,24-26,28,38H,2-3,6,9,12,15,18-21,23,27,29-37H2,1H3/b5-4-,8-7-,11-10-,14-13-,17-16-. The van der Waals surface area contributed by atoms with Crippen LogP contribution in [0.2, 0.25) is 10.0 Å². The average Bonchev–Trinajstić information content (AvgIpc) is 3.18. The van der Waals surface area contributed by atoms with Gasteiger partial charge in [0.2, 0.25) is 0 Å². The van der Waals surface area contributed by atoms with E-state index in [-0.39, 0.29) is 5.78 Å². The molecule has 0 bridgehead atoms. The van der Waals surface area contributed by atoms with Gasteiger partial charge in [-0.25, -0.2) is 4.99 Å². The molecule has 1 fully saturated rings. The number of hydrogen-bond acceptors (Lipinski definition) is 6. The summed E-state index contributed by atoms with van der Waals surface area (Å²) in [5.74, 6) is 1.79. The minimum Gasteiger partial charge on any atom is -0.494 e. The van der Waals surface area contributed by atoms with E-state index in [1.807, 2.05) is 30.3 Å². The van der Waals surface area contributed by atoms with Gasteiger partial charge in [-0.1, -0.05) is 109 Å². The summed E-state index contributed by atoms with van der Waals surface area (Å²) in [6.07, 6.45) is 35.0. The maximum absolute atomic E-state index is 12.4. The van der Waals surface area contributed by atoms with Crippen molar-refractivity contribution in [3.63, 3.8) is 0 Å². The lowest BCUT2D eigenvalue weighted by molar-refractivity contribution is -0.119. The number of ketones is 1. The Morgan fingerprint density at radius 2 is 1.43 bits per heavy atom. The molecule has 0 unspecified atom stereocenters. The van der Waals surface area contributed by atoms with Crippen LogP contribution in [-0.4, -0.2) is 62.5 Å². The van der Waals surface area contributed by atoms with Crippen molar-refractivity contribution < 1.29 is 14.3 Å². The van der Waals surface area contributed by atoms with Gasteiger partial charge in [-0.2, -0.15) is 0 Å². The summed E-state index contributed by atoms with van der Waals surface area (Å²) in [6, 6.07) is 12.0. The summed E-state index contributed by atoms with van der Waals surface area (Å²) in [6.45, 7) is 8.23. The van der Waals surface area contributed by atoms with Crippen molar-refractivity contribution in [1.29, 1.82) is 0 Å². The van der Waals surface area contributed by atoms with Crippen molar-refractivity contribution in [2.45, 2.75) is 96.8 Å². The summed E-state index contributed by atoms with van der Waals surface area (Å²) in [5.41, 5.74) is 3.13. The molecule has 0 atom stereocenters. The maximum atomic E-state index is 12.4. The summed E-state index contributed by atoms with van der Waals surface area (Å²) >= 11 is 12.6. The quantitative estimate of drug-likeness (QED) is 0.0785. The Bertz CT molecular complexity index is 1590. The van der Waals surface area contributed by atoms with E-state index >= 15 is 0 Å². The Hall–Kier alpha value is -3.58. The van der Waals surface area contributed by atoms with Crippen LogP contribution in [0.5, 0.6) is 5.75 Å². The summed E-state index contributed by atoms with van der Waals surface area (Å²) in [4.78, 5) is 22.0. The van der Waals surface area contributed by atoms with E-state index in [1.165, 1.54) is 18.4 Å². The lowest BCUT2D eigenvalue weighted by Gasteiger charge is -2.36. The Kier molecular flexibility index (Phi) is 21.0. The lowest BCUT2D eigenvalue weighted by atomic mass is 10.0. The van der Waals surface area contributed by atoms with Crippen LogP contribution in [0.15, 0.2) is 102 Å². The Morgan fingerprint density at radius 3 is 2.13 bits per heavy atom. The highest BCUT2D eigenvalue weighted by Gasteiger charge is 2.20. The van der Waals surface area contributed by atoms with Crippen LogP contribution in [0, 0.1) is 0 Å². The van der Waals surface area contributed by atoms with Crippen molar-refractivity contribution in [3.05, 3.63) is 113 Å². The van der Waals surface area contributed by atoms with Gasteiger partial charge in [-0.15, -0.1) is 0 Å². The van der Waals surface area contributed by atoms with Gasteiger partial charge in [0.05, 0.1) is 34.6 Å². The number of anilines is 1. The van der Waals surface area contributed by atoms with Crippen LogP contribution in [0.25, 0.3) is 0 Å². The van der Waals surface area contributed by atoms with Crippen molar-refractivity contribution >= 4 is 46.3 Å². The van der Waals surface area contributed by atoms with Gasteiger partial charge in [0.25, 0.3) is 0 Å². The second kappa shape index (κ2) is 26.3. The molecule has 0 amide bonds. The zero-order chi connectivity index (χ0) is 38.1. The Labute approximate surface area is 335 Å². The zero-order valence-corrected chi connectivity index (χ0v) is 33.9. The monoisotopic (exact) mass is 773 g/mol. The molecule has 6 nitrogen and oxygen atoms in total. The Morgan fingerprint density at radius 1 is 0.741 bits per heavy atom. The SMILES string of the molecule is CCC/C=C\C/C=C\C/C=C\C/C=C\C/C=C\CCCC(=O)CCOC1=Nc2cc(OCCCCN3CCN(c4cccc(Cl)c4Cl)CC3)ccc2CC1. The number of aryl methyl sites for hydroxylation is 1. The van der Waals surface area contributed by atoms with Gasteiger partial charge in [-0.05, 0) is 94.5 Å². The number of aliphatic imine (C=N–C) groups is 1. The second-order valence-electron chi connectivity index (χ2n) is 13.9. The van der Waals surface area contributed by atoms with Crippen molar-refractivity contribution in [2.24, 2.45) is 4.99 Å². The molecule has 8 heteroatoms. The van der Waals surface area contributed by atoms with E-state index in [0.717, 1.165) is 114 Å². The maximum Gasteiger partial charge on any atom is 0.188 e. The normalized spacial score (nSPS) is 15.3. The van der Waals surface area contributed by atoms with E-state index < -0.39 is 0 Å². The van der Waals surface area contributed by atoms with E-state index in [9.17, 15) is 4.79 Å². The van der Waals surface area contributed by atoms with Crippen molar-refractivity contribution in [2.75, 3.05) is 50.8 Å². The average molecular weight is 775 g/mol. The summed E-state index contributed by atoms with van der Waals surface area (Å²) in [7, 11) is 0. The molecular weight excluding hydrogens is 713 g/mol. The van der Waals surface area contributed by atoms with Gasteiger partial charge in [0.1, 0.15) is 11.5 Å². The molecule has 0 saturated carbocycles. The number of halogens is 2. The topological polar surface area (TPSA) is 54.4 Å².